The highest BCUT2D eigenvalue weighted by Crippen LogP contribution is 2.41. The predicted octanol–water partition coefficient (Wildman–Crippen LogP) is 5.06. The zero-order valence-electron chi connectivity index (χ0n) is 18.6. The smallest absolute Gasteiger partial charge is 0.257 e. The molecule has 1 aliphatic carbocycles. The fourth-order valence-electron chi connectivity index (χ4n) is 3.62. The molecule has 1 aliphatic rings. The quantitative estimate of drug-likeness (QED) is 0.282. The van der Waals surface area contributed by atoms with Crippen LogP contribution in [0.2, 0.25) is 0 Å². The van der Waals surface area contributed by atoms with Crippen molar-refractivity contribution in [3.05, 3.63) is 53.5 Å². The molecule has 11 heteroatoms. The van der Waals surface area contributed by atoms with Gasteiger partial charge in [0.1, 0.15) is 5.82 Å². The van der Waals surface area contributed by atoms with Crippen molar-refractivity contribution in [2.75, 3.05) is 12.3 Å². The molecular weight excluding hydrogens is 475 g/mol. The van der Waals surface area contributed by atoms with Gasteiger partial charge in [-0.25, -0.2) is 4.39 Å². The topological polar surface area (TPSA) is 89.9 Å². The lowest BCUT2D eigenvalue weighted by atomic mass is 10.2. The van der Waals surface area contributed by atoms with Gasteiger partial charge in [-0.05, 0) is 42.8 Å². The predicted molar refractivity (Wildman–Crippen MR) is 128 cm³/mol. The van der Waals surface area contributed by atoms with Gasteiger partial charge in [0, 0.05) is 12.6 Å². The van der Waals surface area contributed by atoms with Crippen molar-refractivity contribution in [3.63, 3.8) is 0 Å². The standard InChI is InChI=1S/C23H23FN6O2S2/c1-2-11-29(13-19-25-27-22(32-19)18-8-5-12-33-18)20(31)14-34-23-28-26-21(30(23)15-9-10-15)16-6-3-4-7-17(16)24/h3-8,12,15H,2,9-11,13-14H2,1H3. The Bertz CT molecular complexity index is 1270. The lowest BCUT2D eigenvalue weighted by Crippen LogP contribution is -2.33. The van der Waals surface area contributed by atoms with Crippen LogP contribution in [0.15, 0.2) is 51.4 Å². The van der Waals surface area contributed by atoms with Crippen LogP contribution in [0.4, 0.5) is 4.39 Å². The summed E-state index contributed by atoms with van der Waals surface area (Å²) in [6.07, 6.45) is 2.79. The average Bonchev–Trinajstić information content (AvgIpc) is 3.21. The molecule has 176 valence electrons. The number of amides is 1. The molecule has 8 nitrogen and oxygen atoms in total. The summed E-state index contributed by atoms with van der Waals surface area (Å²) in [5, 5.41) is 19.3. The summed E-state index contributed by atoms with van der Waals surface area (Å²) in [5.41, 5.74) is 0.422. The number of rotatable bonds is 10. The Labute approximate surface area is 204 Å². The maximum Gasteiger partial charge on any atom is 0.257 e. The van der Waals surface area contributed by atoms with E-state index in [1.54, 1.807) is 23.1 Å². The van der Waals surface area contributed by atoms with Gasteiger partial charge in [0.05, 0.1) is 22.7 Å². The largest absolute Gasteiger partial charge is 0.418 e. The van der Waals surface area contributed by atoms with Crippen molar-refractivity contribution in [2.45, 2.75) is 43.9 Å². The van der Waals surface area contributed by atoms with Crippen LogP contribution in [-0.4, -0.2) is 48.1 Å². The molecule has 0 spiro atoms. The number of thiophene rings is 1. The number of benzene rings is 1. The number of aromatic nitrogens is 5. The third kappa shape index (κ3) is 4.90. The molecule has 0 saturated heterocycles. The molecule has 0 radical (unpaired) electrons. The van der Waals surface area contributed by atoms with E-state index < -0.39 is 0 Å². The Morgan fingerprint density at radius 1 is 1.21 bits per heavy atom. The molecule has 3 heterocycles. The normalized spacial score (nSPS) is 13.4. The summed E-state index contributed by atoms with van der Waals surface area (Å²) in [4.78, 5) is 15.7. The molecule has 1 fully saturated rings. The van der Waals surface area contributed by atoms with E-state index in [9.17, 15) is 9.18 Å². The van der Waals surface area contributed by atoms with Crippen molar-refractivity contribution < 1.29 is 13.6 Å². The van der Waals surface area contributed by atoms with Gasteiger partial charge < -0.3 is 9.32 Å². The Morgan fingerprint density at radius 2 is 2.06 bits per heavy atom. The second-order valence-corrected chi connectivity index (χ2v) is 9.86. The zero-order valence-corrected chi connectivity index (χ0v) is 20.2. The van der Waals surface area contributed by atoms with Crippen LogP contribution in [0.25, 0.3) is 22.2 Å². The number of halogens is 1. The number of carbonyl (C=O) groups is 1. The van der Waals surface area contributed by atoms with E-state index in [2.05, 4.69) is 20.4 Å². The summed E-state index contributed by atoms with van der Waals surface area (Å²) >= 11 is 2.85. The van der Waals surface area contributed by atoms with E-state index >= 15 is 0 Å². The fraction of sp³-hybridized carbons (Fsp3) is 0.348. The first kappa shape index (κ1) is 22.7. The SMILES string of the molecule is CCCN(Cc1nnc(-c2cccs2)o1)C(=O)CSc1nnc(-c2ccccc2F)n1C1CC1. The number of thioether (sulfide) groups is 1. The van der Waals surface area contributed by atoms with Crippen molar-refractivity contribution >= 4 is 29.0 Å². The first-order valence-corrected chi connectivity index (χ1v) is 13.0. The summed E-state index contributed by atoms with van der Waals surface area (Å²) < 4.78 is 22.1. The molecule has 5 rings (SSSR count). The second-order valence-electron chi connectivity index (χ2n) is 7.97. The van der Waals surface area contributed by atoms with Gasteiger partial charge in [-0.3, -0.25) is 9.36 Å². The van der Waals surface area contributed by atoms with Gasteiger partial charge in [0.25, 0.3) is 5.89 Å². The van der Waals surface area contributed by atoms with E-state index in [-0.39, 0.29) is 30.1 Å². The van der Waals surface area contributed by atoms with Gasteiger partial charge in [-0.1, -0.05) is 36.9 Å². The van der Waals surface area contributed by atoms with E-state index in [4.69, 9.17) is 4.42 Å². The highest BCUT2D eigenvalue weighted by molar-refractivity contribution is 7.99. The van der Waals surface area contributed by atoms with E-state index in [0.29, 0.717) is 34.9 Å². The van der Waals surface area contributed by atoms with Gasteiger partial charge in [0.15, 0.2) is 11.0 Å². The van der Waals surface area contributed by atoms with Gasteiger partial charge in [-0.15, -0.1) is 31.7 Å². The number of hydrogen-bond acceptors (Lipinski definition) is 8. The van der Waals surface area contributed by atoms with Crippen molar-refractivity contribution in [3.8, 4) is 22.2 Å². The van der Waals surface area contributed by atoms with Crippen LogP contribution >= 0.6 is 23.1 Å². The second kappa shape index (κ2) is 10.1. The molecule has 0 atom stereocenters. The fourth-order valence-corrected chi connectivity index (χ4v) is 5.18. The Kier molecular flexibility index (Phi) is 6.73. The van der Waals surface area contributed by atoms with Crippen LogP contribution in [0, 0.1) is 5.82 Å². The first-order chi connectivity index (χ1) is 16.6. The Balaban J connectivity index is 1.28. The van der Waals surface area contributed by atoms with Gasteiger partial charge >= 0.3 is 0 Å². The van der Waals surface area contributed by atoms with E-state index in [1.807, 2.05) is 29.0 Å². The van der Waals surface area contributed by atoms with Crippen molar-refractivity contribution in [1.29, 1.82) is 0 Å². The highest BCUT2D eigenvalue weighted by atomic mass is 32.2. The molecule has 0 unspecified atom stereocenters. The zero-order chi connectivity index (χ0) is 23.5. The van der Waals surface area contributed by atoms with E-state index in [1.165, 1.54) is 29.2 Å². The molecule has 34 heavy (non-hydrogen) atoms. The van der Waals surface area contributed by atoms with Crippen LogP contribution in [0.1, 0.15) is 38.1 Å². The maximum atomic E-state index is 14.4. The molecule has 1 saturated carbocycles. The minimum atomic E-state index is -0.333. The minimum Gasteiger partial charge on any atom is -0.418 e. The van der Waals surface area contributed by atoms with Crippen LogP contribution in [-0.2, 0) is 11.3 Å². The molecule has 0 bridgehead atoms. The van der Waals surface area contributed by atoms with Gasteiger partial charge in [0.2, 0.25) is 11.8 Å². The van der Waals surface area contributed by atoms with Crippen LogP contribution in [0.3, 0.4) is 0 Å². The minimum absolute atomic E-state index is 0.0551. The van der Waals surface area contributed by atoms with Crippen LogP contribution < -0.4 is 0 Å². The lowest BCUT2D eigenvalue weighted by Gasteiger charge is -2.20. The summed E-state index contributed by atoms with van der Waals surface area (Å²) in [7, 11) is 0. The number of carbonyl (C=O) groups excluding carboxylic acids is 1. The Morgan fingerprint density at radius 3 is 2.79 bits per heavy atom. The molecular formula is C23H23FN6O2S2. The summed E-state index contributed by atoms with van der Waals surface area (Å²) in [6, 6.07) is 10.6. The van der Waals surface area contributed by atoms with Crippen molar-refractivity contribution in [2.24, 2.45) is 0 Å². The molecule has 3 aromatic heterocycles. The number of nitrogens with zero attached hydrogens (tertiary/aromatic N) is 6. The number of hydrogen-bond donors (Lipinski definition) is 0. The third-order valence-electron chi connectivity index (χ3n) is 5.39. The molecule has 1 aromatic carbocycles. The molecule has 0 aliphatic heterocycles. The maximum absolute atomic E-state index is 14.4. The summed E-state index contributed by atoms with van der Waals surface area (Å²) in [5.74, 6) is 1.17. The molecule has 1 amide bonds. The van der Waals surface area contributed by atoms with E-state index in [0.717, 1.165) is 24.1 Å². The molecule has 0 N–H and O–H groups in total. The summed E-state index contributed by atoms with van der Waals surface area (Å²) in [6.45, 7) is 2.84. The monoisotopic (exact) mass is 498 g/mol. The van der Waals surface area contributed by atoms with Crippen molar-refractivity contribution in [1.82, 2.24) is 29.9 Å². The lowest BCUT2D eigenvalue weighted by molar-refractivity contribution is -0.129. The third-order valence-corrected chi connectivity index (χ3v) is 7.17. The molecule has 4 aromatic rings. The average molecular weight is 499 g/mol. The first-order valence-electron chi connectivity index (χ1n) is 11.1. The van der Waals surface area contributed by atoms with Crippen LogP contribution in [0.5, 0.6) is 0 Å². The Hall–Kier alpha value is -3.05. The highest BCUT2D eigenvalue weighted by Gasteiger charge is 2.31. The van der Waals surface area contributed by atoms with Gasteiger partial charge in [-0.2, -0.15) is 0 Å².